The van der Waals surface area contributed by atoms with Crippen molar-refractivity contribution in [2.45, 2.75) is 32.9 Å². The van der Waals surface area contributed by atoms with E-state index in [9.17, 15) is 4.79 Å². The molecular formula is C13H20N2O. The lowest BCUT2D eigenvalue weighted by Crippen LogP contribution is -2.37. The van der Waals surface area contributed by atoms with Crippen molar-refractivity contribution in [3.05, 3.63) is 35.4 Å². The van der Waals surface area contributed by atoms with Gasteiger partial charge in [-0.1, -0.05) is 44.5 Å². The van der Waals surface area contributed by atoms with E-state index >= 15 is 0 Å². The SMILES string of the molecule is CC[C@H](C)[C@H](N)C(=O)c1ccccc1CN. The minimum atomic E-state index is -0.433. The molecule has 0 saturated heterocycles. The number of hydrogen-bond acceptors (Lipinski definition) is 3. The summed E-state index contributed by atoms with van der Waals surface area (Å²) in [5, 5.41) is 0. The number of ketones is 1. The van der Waals surface area contributed by atoms with Gasteiger partial charge in [0, 0.05) is 12.1 Å². The highest BCUT2D eigenvalue weighted by atomic mass is 16.1. The average Bonchev–Trinajstić information content (AvgIpc) is 2.35. The highest BCUT2D eigenvalue weighted by molar-refractivity contribution is 6.01. The van der Waals surface area contributed by atoms with Crippen molar-refractivity contribution in [2.75, 3.05) is 0 Å². The van der Waals surface area contributed by atoms with Gasteiger partial charge in [0.2, 0.25) is 0 Å². The first-order chi connectivity index (χ1) is 7.61. The van der Waals surface area contributed by atoms with Crippen LogP contribution >= 0.6 is 0 Å². The third-order valence-electron chi connectivity index (χ3n) is 3.06. The zero-order chi connectivity index (χ0) is 12.1. The Morgan fingerprint density at radius 2 is 2.00 bits per heavy atom. The van der Waals surface area contributed by atoms with Gasteiger partial charge in [0.1, 0.15) is 0 Å². The number of Topliss-reactive ketones (excluding diaryl/α,β-unsaturated/α-hetero) is 1. The average molecular weight is 220 g/mol. The van der Waals surface area contributed by atoms with Gasteiger partial charge in [-0.05, 0) is 11.5 Å². The van der Waals surface area contributed by atoms with Crippen LogP contribution in [0.3, 0.4) is 0 Å². The van der Waals surface area contributed by atoms with Crippen LogP contribution in [0.5, 0.6) is 0 Å². The van der Waals surface area contributed by atoms with Crippen LogP contribution in [-0.2, 0) is 6.54 Å². The molecule has 0 aliphatic rings. The molecule has 0 aliphatic heterocycles. The predicted molar refractivity (Wildman–Crippen MR) is 66.1 cm³/mol. The van der Waals surface area contributed by atoms with E-state index in [-0.39, 0.29) is 11.7 Å². The van der Waals surface area contributed by atoms with Crippen LogP contribution in [0.1, 0.15) is 36.2 Å². The summed E-state index contributed by atoms with van der Waals surface area (Å²) in [4.78, 5) is 12.1. The fourth-order valence-electron chi connectivity index (χ4n) is 1.63. The molecule has 4 N–H and O–H groups in total. The largest absolute Gasteiger partial charge is 0.326 e. The first-order valence-corrected chi connectivity index (χ1v) is 5.69. The van der Waals surface area contributed by atoms with E-state index in [1.807, 2.05) is 32.0 Å². The number of nitrogens with two attached hydrogens (primary N) is 2. The molecule has 0 amide bonds. The molecule has 0 aromatic heterocycles. The number of hydrogen-bond donors (Lipinski definition) is 2. The van der Waals surface area contributed by atoms with Gasteiger partial charge in [-0.15, -0.1) is 0 Å². The number of carbonyl (C=O) groups excluding carboxylic acids is 1. The molecular weight excluding hydrogens is 200 g/mol. The smallest absolute Gasteiger partial charge is 0.180 e. The molecule has 3 nitrogen and oxygen atoms in total. The fourth-order valence-corrected chi connectivity index (χ4v) is 1.63. The molecule has 0 spiro atoms. The van der Waals surface area contributed by atoms with Crippen molar-refractivity contribution >= 4 is 5.78 Å². The zero-order valence-corrected chi connectivity index (χ0v) is 9.94. The first-order valence-electron chi connectivity index (χ1n) is 5.69. The molecule has 16 heavy (non-hydrogen) atoms. The second kappa shape index (κ2) is 5.77. The third-order valence-corrected chi connectivity index (χ3v) is 3.06. The lowest BCUT2D eigenvalue weighted by atomic mass is 9.90. The van der Waals surface area contributed by atoms with Crippen molar-refractivity contribution < 1.29 is 4.79 Å². The van der Waals surface area contributed by atoms with Gasteiger partial charge in [0.25, 0.3) is 0 Å². The molecule has 1 rings (SSSR count). The van der Waals surface area contributed by atoms with E-state index in [1.165, 1.54) is 0 Å². The fraction of sp³-hybridized carbons (Fsp3) is 0.462. The Morgan fingerprint density at radius 3 is 2.56 bits per heavy atom. The summed E-state index contributed by atoms with van der Waals surface area (Å²) in [6, 6.07) is 6.96. The Labute approximate surface area is 96.8 Å². The molecule has 0 radical (unpaired) electrons. The highest BCUT2D eigenvalue weighted by Crippen LogP contribution is 2.15. The van der Waals surface area contributed by atoms with Crippen molar-refractivity contribution in [1.29, 1.82) is 0 Å². The Morgan fingerprint density at radius 1 is 1.38 bits per heavy atom. The molecule has 0 bridgehead atoms. The van der Waals surface area contributed by atoms with Crippen molar-refractivity contribution in [2.24, 2.45) is 17.4 Å². The third kappa shape index (κ3) is 2.68. The minimum Gasteiger partial charge on any atom is -0.326 e. The van der Waals surface area contributed by atoms with Crippen LogP contribution in [0.2, 0.25) is 0 Å². The van der Waals surface area contributed by atoms with Crippen LogP contribution in [0.15, 0.2) is 24.3 Å². The molecule has 2 atom stereocenters. The molecule has 1 aromatic carbocycles. The second-order valence-electron chi connectivity index (χ2n) is 4.14. The molecule has 0 unspecified atom stereocenters. The van der Waals surface area contributed by atoms with E-state index in [2.05, 4.69) is 0 Å². The van der Waals surface area contributed by atoms with Crippen LogP contribution < -0.4 is 11.5 Å². The maximum atomic E-state index is 12.1. The Kier molecular flexibility index (Phi) is 4.65. The standard InChI is InChI=1S/C13H20N2O/c1-3-9(2)12(15)13(16)11-7-5-4-6-10(11)8-14/h4-7,9,12H,3,8,14-15H2,1-2H3/t9-,12-/m0/s1. The van der Waals surface area contributed by atoms with E-state index in [0.717, 1.165) is 12.0 Å². The molecule has 0 aliphatic carbocycles. The zero-order valence-electron chi connectivity index (χ0n) is 9.94. The van der Waals surface area contributed by atoms with Gasteiger partial charge in [0.15, 0.2) is 5.78 Å². The molecule has 1 aromatic rings. The van der Waals surface area contributed by atoms with Crippen molar-refractivity contribution in [1.82, 2.24) is 0 Å². The maximum Gasteiger partial charge on any atom is 0.180 e. The first kappa shape index (κ1) is 12.9. The van der Waals surface area contributed by atoms with E-state index in [0.29, 0.717) is 12.1 Å². The van der Waals surface area contributed by atoms with Crippen LogP contribution in [0.4, 0.5) is 0 Å². The minimum absolute atomic E-state index is 0.00426. The molecule has 0 fully saturated rings. The second-order valence-corrected chi connectivity index (χ2v) is 4.14. The molecule has 3 heteroatoms. The van der Waals surface area contributed by atoms with Crippen LogP contribution in [-0.4, -0.2) is 11.8 Å². The summed E-state index contributed by atoms with van der Waals surface area (Å²) in [7, 11) is 0. The molecule has 0 heterocycles. The molecule has 88 valence electrons. The Bertz CT molecular complexity index is 363. The van der Waals surface area contributed by atoms with Gasteiger partial charge in [0.05, 0.1) is 6.04 Å². The summed E-state index contributed by atoms with van der Waals surface area (Å²) in [6.07, 6.45) is 0.900. The number of benzene rings is 1. The number of rotatable bonds is 5. The van der Waals surface area contributed by atoms with Gasteiger partial charge >= 0.3 is 0 Å². The van der Waals surface area contributed by atoms with Crippen LogP contribution in [0, 0.1) is 5.92 Å². The maximum absolute atomic E-state index is 12.1. The monoisotopic (exact) mass is 220 g/mol. The van der Waals surface area contributed by atoms with Crippen molar-refractivity contribution in [3.63, 3.8) is 0 Å². The van der Waals surface area contributed by atoms with Gasteiger partial charge in [-0.2, -0.15) is 0 Å². The lowest BCUT2D eigenvalue weighted by molar-refractivity contribution is 0.0934. The van der Waals surface area contributed by atoms with Gasteiger partial charge in [-0.25, -0.2) is 0 Å². The van der Waals surface area contributed by atoms with Crippen molar-refractivity contribution in [3.8, 4) is 0 Å². The van der Waals surface area contributed by atoms with Crippen LogP contribution in [0.25, 0.3) is 0 Å². The number of carbonyl (C=O) groups is 1. The highest BCUT2D eigenvalue weighted by Gasteiger charge is 2.22. The summed E-state index contributed by atoms with van der Waals surface area (Å²) < 4.78 is 0. The summed E-state index contributed by atoms with van der Waals surface area (Å²) >= 11 is 0. The topological polar surface area (TPSA) is 69.1 Å². The molecule has 0 saturated carbocycles. The Balaban J connectivity index is 2.95. The Hall–Kier alpha value is -1.19. The van der Waals surface area contributed by atoms with Gasteiger partial charge < -0.3 is 11.5 Å². The predicted octanol–water partition coefficient (Wildman–Crippen LogP) is 1.70. The van der Waals surface area contributed by atoms with E-state index < -0.39 is 6.04 Å². The quantitative estimate of drug-likeness (QED) is 0.742. The van der Waals surface area contributed by atoms with E-state index in [1.54, 1.807) is 6.07 Å². The van der Waals surface area contributed by atoms with E-state index in [4.69, 9.17) is 11.5 Å². The summed E-state index contributed by atoms with van der Waals surface area (Å²) in [5.41, 5.74) is 13.1. The summed E-state index contributed by atoms with van der Waals surface area (Å²) in [6.45, 7) is 4.40. The van der Waals surface area contributed by atoms with Gasteiger partial charge in [-0.3, -0.25) is 4.79 Å². The summed E-state index contributed by atoms with van der Waals surface area (Å²) in [5.74, 6) is 0.189. The lowest BCUT2D eigenvalue weighted by Gasteiger charge is -2.18. The normalized spacial score (nSPS) is 14.5.